The van der Waals surface area contributed by atoms with Gasteiger partial charge in [0.2, 0.25) is 0 Å². The van der Waals surface area contributed by atoms with Crippen molar-refractivity contribution in [2.45, 2.75) is 30.8 Å². The van der Waals surface area contributed by atoms with Crippen LogP contribution in [0.15, 0.2) is 34.3 Å². The number of aromatic carboxylic acids is 1. The Hall–Kier alpha value is -1.88. The Kier molecular flexibility index (Phi) is 3.85. The molecule has 4 nitrogen and oxygen atoms in total. The summed E-state index contributed by atoms with van der Waals surface area (Å²) < 4.78 is 0. The Morgan fingerprint density at radius 2 is 1.84 bits per heavy atom. The van der Waals surface area contributed by atoms with Crippen LogP contribution in [0.4, 0.5) is 0 Å². The minimum absolute atomic E-state index is 0.0267. The highest BCUT2D eigenvalue weighted by molar-refractivity contribution is 7.99. The first-order valence-electron chi connectivity index (χ1n) is 5.80. The van der Waals surface area contributed by atoms with Gasteiger partial charge in [0, 0.05) is 10.6 Å². The van der Waals surface area contributed by atoms with Gasteiger partial charge in [-0.1, -0.05) is 6.07 Å². The number of benzene rings is 1. The van der Waals surface area contributed by atoms with Gasteiger partial charge in [0.15, 0.2) is 10.9 Å². The molecule has 0 spiro atoms. The zero-order chi connectivity index (χ0) is 14.0. The standard InChI is InChI=1S/C14H14N2O2S/c1-8-4-5-11(6-9(8)2)19-14-15-10(3)7-12(16-14)13(17)18/h4-7H,1-3H3,(H,17,18). The maximum Gasteiger partial charge on any atom is 0.354 e. The Morgan fingerprint density at radius 1 is 1.11 bits per heavy atom. The minimum atomic E-state index is -1.03. The Bertz CT molecular complexity index is 641. The zero-order valence-electron chi connectivity index (χ0n) is 11.0. The van der Waals surface area contributed by atoms with Crippen LogP contribution in [0.2, 0.25) is 0 Å². The Balaban J connectivity index is 2.32. The first-order chi connectivity index (χ1) is 8.95. The molecule has 98 valence electrons. The van der Waals surface area contributed by atoms with Gasteiger partial charge in [-0.3, -0.25) is 0 Å². The molecule has 5 heteroatoms. The lowest BCUT2D eigenvalue weighted by Gasteiger charge is -2.05. The second kappa shape index (κ2) is 5.40. The Morgan fingerprint density at radius 3 is 2.47 bits per heavy atom. The molecular formula is C14H14N2O2S. The van der Waals surface area contributed by atoms with Crippen LogP contribution in [-0.2, 0) is 0 Å². The summed E-state index contributed by atoms with van der Waals surface area (Å²) in [6.07, 6.45) is 0. The number of carbonyl (C=O) groups is 1. The van der Waals surface area contributed by atoms with Crippen LogP contribution >= 0.6 is 11.8 Å². The van der Waals surface area contributed by atoms with Gasteiger partial charge in [0.25, 0.3) is 0 Å². The molecular weight excluding hydrogens is 260 g/mol. The maximum absolute atomic E-state index is 11.0. The summed E-state index contributed by atoms with van der Waals surface area (Å²) in [5.41, 5.74) is 3.09. The molecule has 0 unspecified atom stereocenters. The molecule has 1 N–H and O–H groups in total. The quantitative estimate of drug-likeness (QED) is 0.870. The number of hydrogen-bond donors (Lipinski definition) is 1. The van der Waals surface area contributed by atoms with E-state index in [1.54, 1.807) is 6.92 Å². The van der Waals surface area contributed by atoms with Gasteiger partial charge in [0.1, 0.15) is 0 Å². The van der Waals surface area contributed by atoms with Gasteiger partial charge in [-0.05, 0) is 61.9 Å². The highest BCUT2D eigenvalue weighted by Gasteiger charge is 2.10. The van der Waals surface area contributed by atoms with Gasteiger partial charge in [-0.15, -0.1) is 0 Å². The molecule has 0 bridgehead atoms. The van der Waals surface area contributed by atoms with Crippen molar-refractivity contribution in [2.75, 3.05) is 0 Å². The molecule has 2 aromatic rings. The fourth-order valence-corrected chi connectivity index (χ4v) is 2.50. The van der Waals surface area contributed by atoms with Crippen LogP contribution in [0.25, 0.3) is 0 Å². The summed E-state index contributed by atoms with van der Waals surface area (Å²) in [7, 11) is 0. The van der Waals surface area contributed by atoms with Crippen molar-refractivity contribution in [3.63, 3.8) is 0 Å². The lowest BCUT2D eigenvalue weighted by molar-refractivity contribution is 0.0689. The molecule has 0 atom stereocenters. The van der Waals surface area contributed by atoms with Gasteiger partial charge in [0.05, 0.1) is 0 Å². The van der Waals surface area contributed by atoms with Crippen LogP contribution in [0.3, 0.4) is 0 Å². The lowest BCUT2D eigenvalue weighted by atomic mass is 10.1. The van der Waals surface area contributed by atoms with Crippen molar-refractivity contribution < 1.29 is 9.90 Å². The fourth-order valence-electron chi connectivity index (χ4n) is 1.58. The third kappa shape index (κ3) is 3.32. The molecule has 2 rings (SSSR count). The summed E-state index contributed by atoms with van der Waals surface area (Å²) in [6.45, 7) is 5.85. The van der Waals surface area contributed by atoms with Crippen LogP contribution < -0.4 is 0 Å². The predicted molar refractivity (Wildman–Crippen MR) is 73.8 cm³/mol. The number of carboxylic acids is 1. The van der Waals surface area contributed by atoms with E-state index < -0.39 is 5.97 Å². The molecule has 1 aromatic carbocycles. The monoisotopic (exact) mass is 274 g/mol. The Labute approximate surface area is 115 Å². The maximum atomic E-state index is 11.0. The van der Waals surface area contributed by atoms with Crippen LogP contribution in [0, 0.1) is 20.8 Å². The molecule has 0 radical (unpaired) electrons. The second-order valence-corrected chi connectivity index (χ2v) is 5.37. The normalized spacial score (nSPS) is 10.5. The van der Waals surface area contributed by atoms with E-state index in [0.29, 0.717) is 10.9 Å². The molecule has 0 aliphatic heterocycles. The SMILES string of the molecule is Cc1cc(C(=O)O)nc(Sc2ccc(C)c(C)c2)n1. The molecule has 19 heavy (non-hydrogen) atoms. The largest absolute Gasteiger partial charge is 0.477 e. The van der Waals surface area contributed by atoms with E-state index in [1.165, 1.54) is 29.0 Å². The van der Waals surface area contributed by atoms with E-state index in [4.69, 9.17) is 5.11 Å². The molecule has 1 aromatic heterocycles. The number of carboxylic acid groups (broad SMARTS) is 1. The van der Waals surface area contributed by atoms with E-state index in [0.717, 1.165) is 4.90 Å². The van der Waals surface area contributed by atoms with E-state index in [2.05, 4.69) is 16.9 Å². The van der Waals surface area contributed by atoms with Crippen molar-refractivity contribution in [2.24, 2.45) is 0 Å². The van der Waals surface area contributed by atoms with E-state index >= 15 is 0 Å². The summed E-state index contributed by atoms with van der Waals surface area (Å²) in [6, 6.07) is 7.53. The molecule has 0 saturated heterocycles. The highest BCUT2D eigenvalue weighted by atomic mass is 32.2. The predicted octanol–water partition coefficient (Wildman–Crippen LogP) is 3.25. The van der Waals surface area contributed by atoms with E-state index in [1.807, 2.05) is 25.1 Å². The number of aryl methyl sites for hydroxylation is 3. The lowest BCUT2D eigenvalue weighted by Crippen LogP contribution is -2.03. The molecule has 0 saturated carbocycles. The van der Waals surface area contributed by atoms with Crippen molar-refractivity contribution in [3.05, 3.63) is 46.8 Å². The first-order valence-corrected chi connectivity index (χ1v) is 6.61. The van der Waals surface area contributed by atoms with Crippen LogP contribution in [0.5, 0.6) is 0 Å². The summed E-state index contributed by atoms with van der Waals surface area (Å²) >= 11 is 1.37. The first kappa shape index (κ1) is 13.5. The fraction of sp³-hybridized carbons (Fsp3) is 0.214. The highest BCUT2D eigenvalue weighted by Crippen LogP contribution is 2.26. The third-order valence-corrected chi connectivity index (χ3v) is 3.60. The smallest absolute Gasteiger partial charge is 0.354 e. The molecule has 0 aliphatic rings. The van der Waals surface area contributed by atoms with Crippen molar-refractivity contribution in [1.29, 1.82) is 0 Å². The average molecular weight is 274 g/mol. The van der Waals surface area contributed by atoms with Crippen molar-refractivity contribution in [3.8, 4) is 0 Å². The number of rotatable bonds is 3. The second-order valence-electron chi connectivity index (χ2n) is 4.33. The van der Waals surface area contributed by atoms with Gasteiger partial charge in [-0.2, -0.15) is 0 Å². The molecule has 0 aliphatic carbocycles. The summed E-state index contributed by atoms with van der Waals surface area (Å²) in [5.74, 6) is -1.03. The van der Waals surface area contributed by atoms with Gasteiger partial charge < -0.3 is 5.11 Å². The minimum Gasteiger partial charge on any atom is -0.477 e. The number of nitrogens with zero attached hydrogens (tertiary/aromatic N) is 2. The van der Waals surface area contributed by atoms with E-state index in [-0.39, 0.29) is 5.69 Å². The van der Waals surface area contributed by atoms with Crippen LogP contribution in [0.1, 0.15) is 27.3 Å². The molecule has 1 heterocycles. The van der Waals surface area contributed by atoms with Crippen molar-refractivity contribution in [1.82, 2.24) is 9.97 Å². The zero-order valence-corrected chi connectivity index (χ0v) is 11.8. The number of hydrogen-bond acceptors (Lipinski definition) is 4. The summed E-state index contributed by atoms with van der Waals surface area (Å²) in [5, 5.41) is 9.44. The summed E-state index contributed by atoms with van der Waals surface area (Å²) in [4.78, 5) is 20.2. The van der Waals surface area contributed by atoms with Crippen molar-refractivity contribution >= 4 is 17.7 Å². The van der Waals surface area contributed by atoms with Gasteiger partial charge in [-0.25, -0.2) is 14.8 Å². The third-order valence-electron chi connectivity index (χ3n) is 2.74. The van der Waals surface area contributed by atoms with Gasteiger partial charge >= 0.3 is 5.97 Å². The number of aromatic nitrogens is 2. The molecule has 0 amide bonds. The van der Waals surface area contributed by atoms with Crippen LogP contribution in [-0.4, -0.2) is 21.0 Å². The van der Waals surface area contributed by atoms with E-state index in [9.17, 15) is 4.79 Å². The topological polar surface area (TPSA) is 63.1 Å². The molecule has 0 fully saturated rings. The average Bonchev–Trinajstić information content (AvgIpc) is 2.33.